The Hall–Kier alpha value is -5.31. The minimum Gasteiger partial charge on any atom is -0.497 e. The minimum atomic E-state index is -0.603. The number of ether oxygens (including phenoxy) is 1. The second-order valence-corrected chi connectivity index (χ2v) is 12.0. The van der Waals surface area contributed by atoms with Gasteiger partial charge in [0.05, 0.1) is 7.11 Å². The Morgan fingerprint density at radius 2 is 1.49 bits per heavy atom. The summed E-state index contributed by atoms with van der Waals surface area (Å²) in [5.41, 5.74) is 3.84. The first-order chi connectivity index (χ1) is 22.8. The predicted octanol–water partition coefficient (Wildman–Crippen LogP) is 8.54. The maximum atomic E-state index is 13.7. The molecule has 0 spiro atoms. The van der Waals surface area contributed by atoms with Crippen molar-refractivity contribution in [2.75, 3.05) is 17.7 Å². The fourth-order valence-corrected chi connectivity index (χ4v) is 5.92. The molecule has 5 aromatic carbocycles. The number of hydrogen-bond acceptors (Lipinski definition) is 5. The zero-order chi connectivity index (χ0) is 33.2. The van der Waals surface area contributed by atoms with E-state index in [4.69, 9.17) is 16.3 Å². The normalized spacial score (nSPS) is 11.7. The molecule has 236 valence electrons. The monoisotopic (exact) mass is 661 g/mol. The highest BCUT2D eigenvalue weighted by atomic mass is 35.5. The Morgan fingerprint density at radius 3 is 2.23 bits per heavy atom. The van der Waals surface area contributed by atoms with Gasteiger partial charge in [0, 0.05) is 26.9 Å². The van der Waals surface area contributed by atoms with Crippen LogP contribution in [-0.2, 0) is 9.59 Å². The molecule has 3 N–H and O–H groups in total. The van der Waals surface area contributed by atoms with Crippen LogP contribution in [0.1, 0.15) is 32.3 Å². The lowest BCUT2D eigenvalue weighted by Crippen LogP contribution is -2.30. The van der Waals surface area contributed by atoms with Gasteiger partial charge in [-0.05, 0) is 84.3 Å². The Morgan fingerprint density at radius 1 is 0.787 bits per heavy atom. The summed E-state index contributed by atoms with van der Waals surface area (Å²) < 4.78 is 5.33. The first-order valence-electron chi connectivity index (χ1n) is 14.7. The SMILES string of the molecule is COc1cccc(/C=C(\NC(=O)c2ccccc2)C(=O)Nc2cccc(SC(C(=O)Nc3cccc(Cl)c3C)c3ccccc3)c2)c1. The average molecular weight is 662 g/mol. The average Bonchev–Trinajstić information content (AvgIpc) is 3.10. The first-order valence-corrected chi connectivity index (χ1v) is 16.0. The van der Waals surface area contributed by atoms with E-state index in [-0.39, 0.29) is 11.6 Å². The van der Waals surface area contributed by atoms with E-state index in [1.54, 1.807) is 92.0 Å². The number of carbonyl (C=O) groups excluding carboxylic acids is 3. The fraction of sp³-hybridized carbons (Fsp3) is 0.0789. The maximum Gasteiger partial charge on any atom is 0.272 e. The van der Waals surface area contributed by atoms with E-state index < -0.39 is 17.1 Å². The lowest BCUT2D eigenvalue weighted by molar-refractivity contribution is -0.116. The van der Waals surface area contributed by atoms with Crippen molar-refractivity contribution in [2.45, 2.75) is 17.1 Å². The molecule has 5 rings (SSSR count). The Bertz CT molecular complexity index is 1920. The highest BCUT2D eigenvalue weighted by Crippen LogP contribution is 2.38. The van der Waals surface area contributed by atoms with Gasteiger partial charge >= 0.3 is 0 Å². The van der Waals surface area contributed by atoms with Crippen molar-refractivity contribution in [3.63, 3.8) is 0 Å². The molecule has 0 heterocycles. The molecule has 0 fully saturated rings. The number of methoxy groups -OCH3 is 1. The summed E-state index contributed by atoms with van der Waals surface area (Å²) in [7, 11) is 1.56. The number of amides is 3. The van der Waals surface area contributed by atoms with Gasteiger partial charge in [-0.3, -0.25) is 14.4 Å². The summed E-state index contributed by atoms with van der Waals surface area (Å²) in [6.45, 7) is 1.86. The molecule has 0 aliphatic rings. The molecule has 9 heteroatoms. The molecule has 0 radical (unpaired) electrons. The van der Waals surface area contributed by atoms with Crippen LogP contribution in [0.25, 0.3) is 6.08 Å². The molecule has 1 atom stereocenters. The molecular weight excluding hydrogens is 630 g/mol. The van der Waals surface area contributed by atoms with E-state index in [2.05, 4.69) is 16.0 Å². The smallest absolute Gasteiger partial charge is 0.272 e. The summed E-state index contributed by atoms with van der Waals surface area (Å²) in [5, 5.41) is 8.64. The molecule has 47 heavy (non-hydrogen) atoms. The summed E-state index contributed by atoms with van der Waals surface area (Å²) in [4.78, 5) is 41.1. The van der Waals surface area contributed by atoms with Crippen LogP contribution in [-0.4, -0.2) is 24.8 Å². The first kappa shape index (κ1) is 33.1. The van der Waals surface area contributed by atoms with Crippen LogP contribution in [0.5, 0.6) is 5.75 Å². The Kier molecular flexibility index (Phi) is 11.1. The number of benzene rings is 5. The topological polar surface area (TPSA) is 96.5 Å². The van der Waals surface area contributed by atoms with Crippen LogP contribution < -0.4 is 20.7 Å². The molecule has 0 aliphatic heterocycles. The summed E-state index contributed by atoms with van der Waals surface area (Å²) >= 11 is 7.65. The van der Waals surface area contributed by atoms with Gasteiger partial charge in [-0.2, -0.15) is 0 Å². The second-order valence-electron chi connectivity index (χ2n) is 10.4. The highest BCUT2D eigenvalue weighted by molar-refractivity contribution is 8.00. The van der Waals surface area contributed by atoms with Crippen molar-refractivity contribution < 1.29 is 19.1 Å². The van der Waals surface area contributed by atoms with Crippen LogP contribution in [0.4, 0.5) is 11.4 Å². The van der Waals surface area contributed by atoms with Gasteiger partial charge < -0.3 is 20.7 Å². The lowest BCUT2D eigenvalue weighted by atomic mass is 10.1. The molecule has 3 amide bonds. The van der Waals surface area contributed by atoms with E-state index in [0.717, 1.165) is 16.0 Å². The van der Waals surface area contributed by atoms with Crippen LogP contribution in [0, 0.1) is 6.92 Å². The lowest BCUT2D eigenvalue weighted by Gasteiger charge is -2.19. The Balaban J connectivity index is 1.39. The van der Waals surface area contributed by atoms with Gasteiger partial charge in [-0.25, -0.2) is 0 Å². The van der Waals surface area contributed by atoms with Crippen molar-refractivity contribution >= 4 is 58.5 Å². The molecule has 1 unspecified atom stereocenters. The molecular formula is C38H32ClN3O4S. The van der Waals surface area contributed by atoms with E-state index in [0.29, 0.717) is 33.3 Å². The summed E-state index contributed by atoms with van der Waals surface area (Å²) in [6, 6.07) is 37.9. The quantitative estimate of drug-likeness (QED) is 0.0974. The van der Waals surface area contributed by atoms with Gasteiger partial charge in [0.25, 0.3) is 11.8 Å². The molecule has 0 aliphatic carbocycles. The van der Waals surface area contributed by atoms with Crippen molar-refractivity contribution in [2.24, 2.45) is 0 Å². The minimum absolute atomic E-state index is 0.0450. The fourth-order valence-electron chi connectivity index (χ4n) is 4.66. The van der Waals surface area contributed by atoms with Crippen molar-refractivity contribution in [3.8, 4) is 5.75 Å². The van der Waals surface area contributed by atoms with Crippen molar-refractivity contribution in [3.05, 3.63) is 160 Å². The van der Waals surface area contributed by atoms with Gasteiger partial charge in [0.15, 0.2) is 0 Å². The standard InChI is InChI=1S/C38H32ClN3O4S/c1-25-32(39)20-11-21-33(25)41-38(45)35(27-13-5-3-6-14-27)47-31-19-10-17-29(24-31)40-37(44)34(23-26-12-9-18-30(22-26)46-2)42-36(43)28-15-7-4-8-16-28/h3-24,35H,1-2H3,(H,40,44)(H,41,45)(H,42,43)/b34-23-. The third kappa shape index (κ3) is 8.91. The zero-order valence-electron chi connectivity index (χ0n) is 25.7. The molecule has 0 saturated carbocycles. The number of thioether (sulfide) groups is 1. The number of halogens is 1. The van der Waals surface area contributed by atoms with Gasteiger partial charge in [0.2, 0.25) is 5.91 Å². The van der Waals surface area contributed by atoms with Crippen LogP contribution in [0.15, 0.2) is 138 Å². The van der Waals surface area contributed by atoms with Crippen molar-refractivity contribution in [1.82, 2.24) is 5.32 Å². The number of carbonyl (C=O) groups is 3. The van der Waals surface area contributed by atoms with E-state index in [9.17, 15) is 14.4 Å². The number of anilines is 2. The summed E-state index contributed by atoms with van der Waals surface area (Å²) in [6.07, 6.45) is 1.59. The number of nitrogens with one attached hydrogen (secondary N) is 3. The third-order valence-electron chi connectivity index (χ3n) is 7.15. The van der Waals surface area contributed by atoms with Gasteiger partial charge in [-0.15, -0.1) is 11.8 Å². The molecule has 0 bridgehead atoms. The molecule has 5 aromatic rings. The molecule has 0 aromatic heterocycles. The third-order valence-corrected chi connectivity index (χ3v) is 8.80. The van der Waals surface area contributed by atoms with Gasteiger partial charge in [0.1, 0.15) is 16.7 Å². The summed E-state index contributed by atoms with van der Waals surface area (Å²) in [5.74, 6) is -0.549. The molecule has 0 saturated heterocycles. The van der Waals surface area contributed by atoms with Crippen LogP contribution in [0.3, 0.4) is 0 Å². The molecule has 7 nitrogen and oxygen atoms in total. The van der Waals surface area contributed by atoms with Gasteiger partial charge in [-0.1, -0.05) is 84.4 Å². The van der Waals surface area contributed by atoms with E-state index in [1.807, 2.05) is 55.5 Å². The highest BCUT2D eigenvalue weighted by Gasteiger charge is 2.23. The van der Waals surface area contributed by atoms with Crippen molar-refractivity contribution in [1.29, 1.82) is 0 Å². The predicted molar refractivity (Wildman–Crippen MR) is 190 cm³/mol. The van der Waals surface area contributed by atoms with Crippen LogP contribution >= 0.6 is 23.4 Å². The van der Waals surface area contributed by atoms with E-state index in [1.165, 1.54) is 11.8 Å². The second kappa shape index (κ2) is 15.8. The Labute approximate surface area is 283 Å². The zero-order valence-corrected chi connectivity index (χ0v) is 27.3. The largest absolute Gasteiger partial charge is 0.497 e. The number of rotatable bonds is 11. The maximum absolute atomic E-state index is 13.7. The number of hydrogen-bond donors (Lipinski definition) is 3. The van der Waals surface area contributed by atoms with E-state index >= 15 is 0 Å². The van der Waals surface area contributed by atoms with Crippen LogP contribution in [0.2, 0.25) is 5.02 Å².